The number of carbonyl (C=O) groups is 2. The summed E-state index contributed by atoms with van der Waals surface area (Å²) in [5.41, 5.74) is 1.94. The maximum Gasteiger partial charge on any atom is 0.271 e. The summed E-state index contributed by atoms with van der Waals surface area (Å²) in [4.78, 5) is 33.6. The van der Waals surface area contributed by atoms with E-state index in [2.05, 4.69) is 11.1 Å². The van der Waals surface area contributed by atoms with Crippen LogP contribution in [0.4, 0.5) is 0 Å². The van der Waals surface area contributed by atoms with Crippen LogP contribution in [-0.2, 0) is 22.4 Å². The first-order chi connectivity index (χ1) is 13.8. The quantitative estimate of drug-likeness (QED) is 0.755. The highest BCUT2D eigenvalue weighted by atomic mass is 16.2. The van der Waals surface area contributed by atoms with Gasteiger partial charge in [-0.05, 0) is 36.6 Å². The number of piperazine rings is 1. The monoisotopic (exact) mass is 388 g/mol. The number of likely N-dealkylation sites (N-methyl/N-ethyl adjacent to an activating group) is 2. The van der Waals surface area contributed by atoms with Crippen LogP contribution in [0, 0.1) is 11.3 Å². The van der Waals surface area contributed by atoms with Gasteiger partial charge in [0.05, 0.1) is 0 Å². The van der Waals surface area contributed by atoms with Crippen molar-refractivity contribution in [3.05, 3.63) is 70.7 Å². The molecule has 0 aliphatic carbocycles. The van der Waals surface area contributed by atoms with Gasteiger partial charge in [0.15, 0.2) is 0 Å². The smallest absolute Gasteiger partial charge is 0.271 e. The second kappa shape index (κ2) is 7.88. The van der Waals surface area contributed by atoms with E-state index in [1.807, 2.05) is 43.3 Å². The number of rotatable bonds is 4. The Balaban J connectivity index is 2.02. The molecule has 2 amide bonds. The average Bonchev–Trinajstić information content (AvgIpc) is 2.75. The van der Waals surface area contributed by atoms with E-state index in [0.29, 0.717) is 12.0 Å². The van der Waals surface area contributed by atoms with Gasteiger partial charge in [0.2, 0.25) is 0 Å². The number of aryl methyl sites for hydroxylation is 1. The molecular weight excluding hydrogens is 364 g/mol. The Hall–Kier alpha value is -3.46. The predicted molar refractivity (Wildman–Crippen MR) is 110 cm³/mol. The molecule has 29 heavy (non-hydrogen) atoms. The van der Waals surface area contributed by atoms with E-state index < -0.39 is 5.54 Å². The van der Waals surface area contributed by atoms with E-state index in [1.54, 1.807) is 33.3 Å². The lowest BCUT2D eigenvalue weighted by Crippen LogP contribution is -2.64. The van der Waals surface area contributed by atoms with Crippen molar-refractivity contribution in [2.45, 2.75) is 32.2 Å². The molecule has 148 valence electrons. The molecule has 1 aliphatic heterocycles. The Morgan fingerprint density at radius 2 is 1.86 bits per heavy atom. The lowest BCUT2D eigenvalue weighted by atomic mass is 9.87. The van der Waals surface area contributed by atoms with Crippen molar-refractivity contribution in [2.75, 3.05) is 14.1 Å². The Morgan fingerprint density at radius 3 is 2.48 bits per heavy atom. The number of amides is 2. The largest absolute Gasteiger partial charge is 0.326 e. The summed E-state index contributed by atoms with van der Waals surface area (Å²) in [6, 6.07) is 13.5. The summed E-state index contributed by atoms with van der Waals surface area (Å²) in [6.07, 6.45) is 4.42. The summed E-state index contributed by atoms with van der Waals surface area (Å²) < 4.78 is 0. The van der Waals surface area contributed by atoms with Crippen LogP contribution in [0.5, 0.6) is 0 Å². The molecule has 1 unspecified atom stereocenters. The molecule has 0 spiro atoms. The lowest BCUT2D eigenvalue weighted by Gasteiger charge is -2.45. The van der Waals surface area contributed by atoms with E-state index >= 15 is 0 Å². The third-order valence-corrected chi connectivity index (χ3v) is 5.56. The first-order valence-electron chi connectivity index (χ1n) is 9.52. The molecule has 2 heterocycles. The molecule has 3 rings (SSSR count). The first kappa shape index (κ1) is 20.3. The van der Waals surface area contributed by atoms with Crippen molar-refractivity contribution in [3.63, 3.8) is 0 Å². The molecule has 1 aromatic carbocycles. The zero-order valence-electron chi connectivity index (χ0n) is 17.1. The molecule has 0 saturated carbocycles. The van der Waals surface area contributed by atoms with Crippen LogP contribution in [0.3, 0.4) is 0 Å². The zero-order valence-corrected chi connectivity index (χ0v) is 17.1. The van der Waals surface area contributed by atoms with E-state index in [9.17, 15) is 14.9 Å². The Labute approximate surface area is 171 Å². The van der Waals surface area contributed by atoms with Crippen LogP contribution < -0.4 is 0 Å². The fourth-order valence-electron chi connectivity index (χ4n) is 3.57. The minimum Gasteiger partial charge on any atom is -0.326 e. The van der Waals surface area contributed by atoms with Crippen LogP contribution in [0.25, 0.3) is 6.08 Å². The van der Waals surface area contributed by atoms with Crippen LogP contribution in [-0.4, -0.2) is 46.2 Å². The number of pyridine rings is 1. The lowest BCUT2D eigenvalue weighted by molar-refractivity contribution is -0.155. The van der Waals surface area contributed by atoms with Crippen LogP contribution >= 0.6 is 0 Å². The zero-order chi connectivity index (χ0) is 21.2. The SMILES string of the molecule is CCc1cnc(C#N)c(/C=C2/C(=O)N(C)C(C)(Cc3ccccc3)C(=O)N2C)c1. The van der Waals surface area contributed by atoms with E-state index in [4.69, 9.17) is 0 Å². The van der Waals surface area contributed by atoms with E-state index in [-0.39, 0.29) is 23.2 Å². The van der Waals surface area contributed by atoms with E-state index in [0.717, 1.165) is 17.5 Å². The minimum absolute atomic E-state index is 0.173. The molecule has 0 N–H and O–H groups in total. The molecule has 1 aromatic heterocycles. The van der Waals surface area contributed by atoms with Gasteiger partial charge in [-0.15, -0.1) is 0 Å². The second-order valence-corrected chi connectivity index (χ2v) is 7.44. The molecule has 6 nitrogen and oxygen atoms in total. The number of carbonyl (C=O) groups excluding carboxylic acids is 2. The highest BCUT2D eigenvalue weighted by Gasteiger charge is 2.48. The van der Waals surface area contributed by atoms with Gasteiger partial charge in [-0.3, -0.25) is 9.59 Å². The van der Waals surface area contributed by atoms with Crippen molar-refractivity contribution in [1.82, 2.24) is 14.8 Å². The van der Waals surface area contributed by atoms with Crippen LogP contribution in [0.1, 0.15) is 36.2 Å². The summed E-state index contributed by atoms with van der Waals surface area (Å²) in [6.45, 7) is 3.78. The van der Waals surface area contributed by atoms with Crippen molar-refractivity contribution in [2.24, 2.45) is 0 Å². The van der Waals surface area contributed by atoms with Crippen molar-refractivity contribution in [1.29, 1.82) is 5.26 Å². The maximum atomic E-state index is 13.3. The minimum atomic E-state index is -0.994. The third-order valence-electron chi connectivity index (χ3n) is 5.56. The fourth-order valence-corrected chi connectivity index (χ4v) is 3.57. The average molecular weight is 388 g/mol. The highest BCUT2D eigenvalue weighted by Crippen LogP contribution is 2.31. The molecule has 2 aromatic rings. The van der Waals surface area contributed by atoms with Crippen LogP contribution in [0.15, 0.2) is 48.3 Å². The Bertz CT molecular complexity index is 1020. The molecule has 1 fully saturated rings. The molecular formula is C23H24N4O2. The van der Waals surface area contributed by atoms with Gasteiger partial charge in [-0.25, -0.2) is 4.98 Å². The van der Waals surface area contributed by atoms with E-state index in [1.165, 1.54) is 9.80 Å². The summed E-state index contributed by atoms with van der Waals surface area (Å²) >= 11 is 0. The summed E-state index contributed by atoms with van der Waals surface area (Å²) in [5.74, 6) is -0.441. The first-order valence-corrected chi connectivity index (χ1v) is 9.52. The van der Waals surface area contributed by atoms with Crippen molar-refractivity contribution >= 4 is 17.9 Å². The van der Waals surface area contributed by atoms with Gasteiger partial charge in [-0.2, -0.15) is 5.26 Å². The van der Waals surface area contributed by atoms with Crippen LogP contribution in [0.2, 0.25) is 0 Å². The molecule has 1 saturated heterocycles. The van der Waals surface area contributed by atoms with Gasteiger partial charge in [0.25, 0.3) is 11.8 Å². The number of hydrogen-bond donors (Lipinski definition) is 0. The van der Waals surface area contributed by atoms with Crippen molar-refractivity contribution < 1.29 is 9.59 Å². The number of hydrogen-bond acceptors (Lipinski definition) is 4. The topological polar surface area (TPSA) is 77.3 Å². The van der Waals surface area contributed by atoms with Crippen molar-refractivity contribution in [3.8, 4) is 6.07 Å². The fraction of sp³-hybridized carbons (Fsp3) is 0.304. The molecule has 0 bridgehead atoms. The summed E-state index contributed by atoms with van der Waals surface area (Å²) in [7, 11) is 3.25. The number of nitriles is 1. The molecule has 6 heteroatoms. The Morgan fingerprint density at radius 1 is 1.17 bits per heavy atom. The standard InChI is InChI=1S/C23H24N4O2/c1-5-16-11-18(19(14-24)25-15-16)12-20-21(28)27(4)23(2,22(29)26(20)3)13-17-9-7-6-8-10-17/h6-12,15H,5,13H2,1-4H3/b20-12-. The maximum absolute atomic E-state index is 13.3. The highest BCUT2D eigenvalue weighted by molar-refractivity contribution is 6.08. The predicted octanol–water partition coefficient (Wildman–Crippen LogP) is 2.79. The third kappa shape index (κ3) is 3.64. The number of benzene rings is 1. The van der Waals surface area contributed by atoms with Gasteiger partial charge in [0, 0.05) is 32.3 Å². The number of nitrogens with zero attached hydrogens (tertiary/aromatic N) is 4. The Kier molecular flexibility index (Phi) is 5.51. The second-order valence-electron chi connectivity index (χ2n) is 7.44. The van der Waals surface area contributed by atoms with Gasteiger partial charge >= 0.3 is 0 Å². The summed E-state index contributed by atoms with van der Waals surface area (Å²) in [5, 5.41) is 9.38. The number of aromatic nitrogens is 1. The normalized spacial score (nSPS) is 20.9. The van der Waals surface area contributed by atoms with Gasteiger partial charge < -0.3 is 9.80 Å². The van der Waals surface area contributed by atoms with Gasteiger partial charge in [0.1, 0.15) is 23.0 Å². The van der Waals surface area contributed by atoms with Gasteiger partial charge in [-0.1, -0.05) is 37.3 Å². The molecule has 1 aliphatic rings. The molecule has 1 atom stereocenters. The molecule has 0 radical (unpaired) electrons.